The fourth-order valence-electron chi connectivity index (χ4n) is 1.92. The normalized spacial score (nSPS) is 14.1. The summed E-state index contributed by atoms with van der Waals surface area (Å²) in [6.45, 7) is 1.91. The molecule has 1 aromatic heterocycles. The summed E-state index contributed by atoms with van der Waals surface area (Å²) < 4.78 is 0. The molecular formula is C15H17NOS. The van der Waals surface area contributed by atoms with Crippen molar-refractivity contribution in [2.24, 2.45) is 11.7 Å². The third-order valence-electron chi connectivity index (χ3n) is 3.19. The minimum Gasteiger partial charge on any atom is -0.323 e. The van der Waals surface area contributed by atoms with Crippen LogP contribution < -0.4 is 5.73 Å². The molecule has 2 rings (SSSR count). The van der Waals surface area contributed by atoms with E-state index in [1.165, 1.54) is 0 Å². The van der Waals surface area contributed by atoms with E-state index in [1.807, 2.05) is 54.1 Å². The molecule has 1 heterocycles. The number of nitrogens with two attached hydrogens (primary N) is 1. The average Bonchev–Trinajstić information content (AvgIpc) is 2.91. The zero-order valence-electron chi connectivity index (χ0n) is 10.4. The molecule has 0 fully saturated rings. The molecule has 0 aliphatic heterocycles. The van der Waals surface area contributed by atoms with E-state index < -0.39 is 0 Å². The fraction of sp³-hybridized carbons (Fsp3) is 0.267. The number of thiophene rings is 1. The largest absolute Gasteiger partial charge is 0.323 e. The van der Waals surface area contributed by atoms with E-state index >= 15 is 0 Å². The quantitative estimate of drug-likeness (QED) is 0.896. The van der Waals surface area contributed by atoms with Gasteiger partial charge in [-0.2, -0.15) is 11.3 Å². The van der Waals surface area contributed by atoms with Crippen LogP contribution in [-0.4, -0.2) is 5.78 Å². The van der Waals surface area contributed by atoms with Gasteiger partial charge in [-0.1, -0.05) is 37.3 Å². The lowest BCUT2D eigenvalue weighted by Crippen LogP contribution is -2.27. The van der Waals surface area contributed by atoms with Crippen LogP contribution in [0.4, 0.5) is 0 Å². The Kier molecular flexibility index (Phi) is 4.28. The van der Waals surface area contributed by atoms with E-state index in [-0.39, 0.29) is 17.7 Å². The van der Waals surface area contributed by atoms with Gasteiger partial charge in [-0.3, -0.25) is 4.79 Å². The van der Waals surface area contributed by atoms with Gasteiger partial charge in [-0.25, -0.2) is 0 Å². The number of carbonyl (C=O) groups is 1. The van der Waals surface area contributed by atoms with Crippen molar-refractivity contribution in [1.29, 1.82) is 0 Å². The van der Waals surface area contributed by atoms with E-state index in [0.29, 0.717) is 6.42 Å². The summed E-state index contributed by atoms with van der Waals surface area (Å²) >= 11 is 1.61. The molecule has 0 saturated heterocycles. The lowest BCUT2D eigenvalue weighted by molar-refractivity contribution is -0.122. The van der Waals surface area contributed by atoms with Crippen LogP contribution in [0.1, 0.15) is 24.1 Å². The standard InChI is InChI=1S/C15H17NOS/c1-11(14(17)9-12-7-8-18-10-12)15(16)13-5-3-2-4-6-13/h2-8,10-11,15H,9,16H2,1H3. The van der Waals surface area contributed by atoms with Crippen LogP contribution in [0.3, 0.4) is 0 Å². The first-order valence-electron chi connectivity index (χ1n) is 6.03. The minimum absolute atomic E-state index is 0.160. The Hall–Kier alpha value is -1.45. The molecule has 0 spiro atoms. The summed E-state index contributed by atoms with van der Waals surface area (Å²) in [7, 11) is 0. The number of ketones is 1. The Morgan fingerprint density at radius 3 is 2.61 bits per heavy atom. The van der Waals surface area contributed by atoms with Gasteiger partial charge in [0.15, 0.2) is 0 Å². The molecule has 94 valence electrons. The number of rotatable bonds is 5. The van der Waals surface area contributed by atoms with Gasteiger partial charge in [0.05, 0.1) is 0 Å². The van der Waals surface area contributed by atoms with Crippen LogP contribution >= 0.6 is 11.3 Å². The van der Waals surface area contributed by atoms with Crippen LogP contribution in [0.15, 0.2) is 47.2 Å². The summed E-state index contributed by atoms with van der Waals surface area (Å²) in [5, 5.41) is 4.00. The molecule has 2 N–H and O–H groups in total. The highest BCUT2D eigenvalue weighted by Gasteiger charge is 2.21. The van der Waals surface area contributed by atoms with Gasteiger partial charge in [0, 0.05) is 18.4 Å². The van der Waals surface area contributed by atoms with Crippen LogP contribution in [0.2, 0.25) is 0 Å². The van der Waals surface area contributed by atoms with Gasteiger partial charge in [-0.05, 0) is 28.0 Å². The van der Waals surface area contributed by atoms with E-state index in [4.69, 9.17) is 5.73 Å². The molecule has 3 heteroatoms. The van der Waals surface area contributed by atoms with E-state index in [0.717, 1.165) is 11.1 Å². The molecule has 0 radical (unpaired) electrons. The first-order valence-corrected chi connectivity index (χ1v) is 6.97. The van der Waals surface area contributed by atoms with Crippen molar-refractivity contribution in [3.63, 3.8) is 0 Å². The maximum Gasteiger partial charge on any atom is 0.141 e. The number of benzene rings is 1. The molecule has 0 bridgehead atoms. The molecule has 2 aromatic rings. The third kappa shape index (κ3) is 3.06. The zero-order chi connectivity index (χ0) is 13.0. The van der Waals surface area contributed by atoms with Crippen molar-refractivity contribution in [3.8, 4) is 0 Å². The highest BCUT2D eigenvalue weighted by molar-refractivity contribution is 7.07. The van der Waals surface area contributed by atoms with Gasteiger partial charge >= 0.3 is 0 Å². The molecule has 2 atom stereocenters. The van der Waals surface area contributed by atoms with Gasteiger partial charge in [-0.15, -0.1) is 0 Å². The third-order valence-corrected chi connectivity index (χ3v) is 3.92. The number of hydrogen-bond acceptors (Lipinski definition) is 3. The van der Waals surface area contributed by atoms with E-state index in [2.05, 4.69) is 0 Å². The Balaban J connectivity index is 2.02. The summed E-state index contributed by atoms with van der Waals surface area (Å²) in [5.41, 5.74) is 8.25. The summed E-state index contributed by atoms with van der Waals surface area (Å²) in [4.78, 5) is 12.1. The average molecular weight is 259 g/mol. The number of Topliss-reactive ketones (excluding diaryl/α,β-unsaturated/α-hetero) is 1. The lowest BCUT2D eigenvalue weighted by atomic mass is 9.89. The SMILES string of the molecule is CC(C(=O)Cc1ccsc1)C(N)c1ccccc1. The summed E-state index contributed by atoms with van der Waals surface area (Å²) in [6.07, 6.45) is 0.477. The smallest absolute Gasteiger partial charge is 0.141 e. The summed E-state index contributed by atoms with van der Waals surface area (Å²) in [5.74, 6) is 0.0389. The number of hydrogen-bond donors (Lipinski definition) is 1. The van der Waals surface area contributed by atoms with Crippen molar-refractivity contribution < 1.29 is 4.79 Å². The van der Waals surface area contributed by atoms with Gasteiger partial charge in [0.1, 0.15) is 5.78 Å². The van der Waals surface area contributed by atoms with Crippen LogP contribution in [0.5, 0.6) is 0 Å². The fourth-order valence-corrected chi connectivity index (χ4v) is 2.59. The Morgan fingerprint density at radius 2 is 2.00 bits per heavy atom. The number of carbonyl (C=O) groups excluding carboxylic acids is 1. The monoisotopic (exact) mass is 259 g/mol. The second-order valence-corrected chi connectivity index (χ2v) is 5.28. The Bertz CT molecular complexity index is 492. The highest BCUT2D eigenvalue weighted by atomic mass is 32.1. The summed E-state index contributed by atoms with van der Waals surface area (Å²) in [6, 6.07) is 11.6. The predicted molar refractivity (Wildman–Crippen MR) is 75.6 cm³/mol. The van der Waals surface area contributed by atoms with Gasteiger partial charge in [0.25, 0.3) is 0 Å². The zero-order valence-corrected chi connectivity index (χ0v) is 11.2. The maximum atomic E-state index is 12.1. The molecule has 0 saturated carbocycles. The second kappa shape index (κ2) is 5.94. The maximum absolute atomic E-state index is 12.1. The predicted octanol–water partition coefficient (Wildman–Crippen LogP) is 3.20. The van der Waals surface area contributed by atoms with E-state index in [1.54, 1.807) is 11.3 Å². The molecule has 2 nitrogen and oxygen atoms in total. The molecule has 0 aliphatic rings. The molecule has 1 aromatic carbocycles. The first kappa shape index (κ1) is 13.0. The lowest BCUT2D eigenvalue weighted by Gasteiger charge is -2.19. The van der Waals surface area contributed by atoms with Crippen molar-refractivity contribution in [1.82, 2.24) is 0 Å². The van der Waals surface area contributed by atoms with Crippen LogP contribution in [-0.2, 0) is 11.2 Å². The molecule has 0 aliphatic carbocycles. The topological polar surface area (TPSA) is 43.1 Å². The van der Waals surface area contributed by atoms with Crippen molar-refractivity contribution in [2.75, 3.05) is 0 Å². The second-order valence-electron chi connectivity index (χ2n) is 4.50. The van der Waals surface area contributed by atoms with Gasteiger partial charge < -0.3 is 5.73 Å². The highest BCUT2D eigenvalue weighted by Crippen LogP contribution is 2.21. The van der Waals surface area contributed by atoms with Crippen molar-refractivity contribution in [2.45, 2.75) is 19.4 Å². The molecule has 18 heavy (non-hydrogen) atoms. The van der Waals surface area contributed by atoms with E-state index in [9.17, 15) is 4.79 Å². The van der Waals surface area contributed by atoms with Crippen molar-refractivity contribution >= 4 is 17.1 Å². The molecular weight excluding hydrogens is 242 g/mol. The Morgan fingerprint density at radius 1 is 1.28 bits per heavy atom. The van der Waals surface area contributed by atoms with Crippen LogP contribution in [0, 0.1) is 5.92 Å². The first-order chi connectivity index (χ1) is 8.68. The van der Waals surface area contributed by atoms with Crippen LogP contribution in [0.25, 0.3) is 0 Å². The Labute approximate surface area is 111 Å². The van der Waals surface area contributed by atoms with Crippen molar-refractivity contribution in [3.05, 3.63) is 58.3 Å². The molecule has 0 amide bonds. The van der Waals surface area contributed by atoms with Gasteiger partial charge in [0.2, 0.25) is 0 Å². The minimum atomic E-state index is -0.225. The molecule has 2 unspecified atom stereocenters.